The van der Waals surface area contributed by atoms with Crippen molar-refractivity contribution in [3.05, 3.63) is 0 Å². The number of esters is 3. The molecular weight excluding hydrogens is 829 g/mol. The first kappa shape index (κ1) is 65.4. The van der Waals surface area contributed by atoms with Crippen molar-refractivity contribution < 1.29 is 28.6 Å². The van der Waals surface area contributed by atoms with Gasteiger partial charge in [-0.1, -0.05) is 316 Å². The molecule has 0 aliphatic heterocycles. The van der Waals surface area contributed by atoms with Gasteiger partial charge in [-0.25, -0.2) is 0 Å². The van der Waals surface area contributed by atoms with Crippen LogP contribution in [-0.4, -0.2) is 37.2 Å². The summed E-state index contributed by atoms with van der Waals surface area (Å²) in [6.07, 6.45) is 63.8. The molecule has 67 heavy (non-hydrogen) atoms. The van der Waals surface area contributed by atoms with Crippen LogP contribution in [0.2, 0.25) is 0 Å². The Balaban J connectivity index is 4.28. The van der Waals surface area contributed by atoms with Crippen LogP contribution >= 0.6 is 0 Å². The molecule has 0 amide bonds. The molecule has 0 aliphatic rings. The van der Waals surface area contributed by atoms with E-state index in [9.17, 15) is 14.4 Å². The summed E-state index contributed by atoms with van der Waals surface area (Å²) in [5.41, 5.74) is 0. The molecule has 0 rings (SSSR count). The third kappa shape index (κ3) is 55.2. The Morgan fingerprint density at radius 3 is 0.597 bits per heavy atom. The van der Waals surface area contributed by atoms with Crippen molar-refractivity contribution in [1.29, 1.82) is 0 Å². The molecule has 0 fully saturated rings. The minimum atomic E-state index is -0.761. The van der Waals surface area contributed by atoms with Gasteiger partial charge in [0.1, 0.15) is 13.2 Å². The van der Waals surface area contributed by atoms with Crippen LogP contribution in [-0.2, 0) is 28.6 Å². The molecule has 0 spiro atoms. The van der Waals surface area contributed by atoms with E-state index in [-0.39, 0.29) is 31.1 Å². The first-order chi connectivity index (χ1) is 33.0. The quantitative estimate of drug-likeness (QED) is 0.0343. The van der Waals surface area contributed by atoms with E-state index in [2.05, 4.69) is 20.8 Å². The van der Waals surface area contributed by atoms with Crippen molar-refractivity contribution in [3.8, 4) is 0 Å². The Morgan fingerprint density at radius 1 is 0.239 bits per heavy atom. The second-order valence-electron chi connectivity index (χ2n) is 21.0. The number of carbonyl (C=O) groups excluding carboxylic acids is 3. The molecule has 0 heterocycles. The number of rotatable bonds is 57. The van der Waals surface area contributed by atoms with Crippen molar-refractivity contribution in [2.24, 2.45) is 0 Å². The SMILES string of the molecule is CCCCCCCCCCCCCCCCCCCCC(=O)OCC(COC(=O)CCCCCCCCCCCCCCCCC)OC(=O)CCCCCCCCCCCCCCCCCC. The Morgan fingerprint density at radius 2 is 0.403 bits per heavy atom. The van der Waals surface area contributed by atoms with E-state index in [1.165, 1.54) is 257 Å². The predicted octanol–water partition coefficient (Wildman–Crippen LogP) is 20.3. The van der Waals surface area contributed by atoms with Crippen molar-refractivity contribution in [1.82, 2.24) is 0 Å². The van der Waals surface area contributed by atoms with Crippen molar-refractivity contribution >= 4 is 17.9 Å². The van der Waals surface area contributed by atoms with Crippen molar-refractivity contribution in [3.63, 3.8) is 0 Å². The summed E-state index contributed by atoms with van der Waals surface area (Å²) in [6.45, 7) is 6.72. The van der Waals surface area contributed by atoms with E-state index >= 15 is 0 Å². The first-order valence-corrected chi connectivity index (χ1v) is 30.5. The maximum Gasteiger partial charge on any atom is 0.306 e. The fourth-order valence-electron chi connectivity index (χ4n) is 9.51. The monoisotopic (exact) mass is 947 g/mol. The van der Waals surface area contributed by atoms with E-state index in [1.807, 2.05) is 0 Å². The van der Waals surface area contributed by atoms with Crippen LogP contribution in [0.5, 0.6) is 0 Å². The largest absolute Gasteiger partial charge is 0.462 e. The molecule has 6 nitrogen and oxygen atoms in total. The molecule has 0 aromatic carbocycles. The third-order valence-corrected chi connectivity index (χ3v) is 14.1. The second kappa shape index (κ2) is 57.0. The van der Waals surface area contributed by atoms with E-state index in [0.717, 1.165) is 57.8 Å². The van der Waals surface area contributed by atoms with Crippen LogP contribution in [0.1, 0.15) is 355 Å². The Hall–Kier alpha value is -1.59. The normalized spacial score (nSPS) is 11.9. The highest BCUT2D eigenvalue weighted by molar-refractivity contribution is 5.71. The van der Waals surface area contributed by atoms with Gasteiger partial charge in [0.15, 0.2) is 6.10 Å². The zero-order chi connectivity index (χ0) is 48.6. The molecule has 398 valence electrons. The second-order valence-corrected chi connectivity index (χ2v) is 21.0. The van der Waals surface area contributed by atoms with Gasteiger partial charge in [0.2, 0.25) is 0 Å². The molecule has 0 radical (unpaired) electrons. The predicted molar refractivity (Wildman–Crippen MR) is 289 cm³/mol. The average Bonchev–Trinajstić information content (AvgIpc) is 3.33. The standard InChI is InChI=1S/C61H118O6/c1-4-7-10-13-16-19-22-25-28-30-31-34-36-39-42-45-48-51-54-60(63)66-57-58(56-65-59(62)53-50-47-44-41-38-35-32-27-24-21-18-15-12-9-6-3)67-61(64)55-52-49-46-43-40-37-33-29-26-23-20-17-14-11-8-5-2/h58H,4-57H2,1-3H3. The third-order valence-electron chi connectivity index (χ3n) is 14.1. The van der Waals surface area contributed by atoms with Gasteiger partial charge in [0.05, 0.1) is 0 Å². The van der Waals surface area contributed by atoms with Gasteiger partial charge in [-0.2, -0.15) is 0 Å². The van der Waals surface area contributed by atoms with Crippen LogP contribution in [0.3, 0.4) is 0 Å². The molecule has 0 saturated carbocycles. The van der Waals surface area contributed by atoms with Crippen LogP contribution in [0.25, 0.3) is 0 Å². The highest BCUT2D eigenvalue weighted by Gasteiger charge is 2.19. The Labute approximate surface area is 418 Å². The molecular formula is C61H118O6. The maximum absolute atomic E-state index is 12.9. The van der Waals surface area contributed by atoms with Gasteiger partial charge in [-0.05, 0) is 19.3 Å². The summed E-state index contributed by atoms with van der Waals surface area (Å²) < 4.78 is 16.9. The van der Waals surface area contributed by atoms with Crippen LogP contribution in [0, 0.1) is 0 Å². The first-order valence-electron chi connectivity index (χ1n) is 30.5. The number of ether oxygens (including phenoxy) is 3. The van der Waals surface area contributed by atoms with Gasteiger partial charge >= 0.3 is 17.9 Å². The smallest absolute Gasteiger partial charge is 0.306 e. The molecule has 0 N–H and O–H groups in total. The lowest BCUT2D eigenvalue weighted by molar-refractivity contribution is -0.167. The molecule has 0 aromatic rings. The lowest BCUT2D eigenvalue weighted by atomic mass is 10.0. The van der Waals surface area contributed by atoms with Gasteiger partial charge in [-0.15, -0.1) is 0 Å². The van der Waals surface area contributed by atoms with Gasteiger partial charge in [0.25, 0.3) is 0 Å². The highest BCUT2D eigenvalue weighted by atomic mass is 16.6. The molecule has 1 unspecified atom stereocenters. The minimum absolute atomic E-state index is 0.0607. The summed E-state index contributed by atoms with van der Waals surface area (Å²) in [7, 11) is 0. The van der Waals surface area contributed by atoms with Gasteiger partial charge in [-0.3, -0.25) is 14.4 Å². The van der Waals surface area contributed by atoms with Crippen LogP contribution < -0.4 is 0 Å². The fourth-order valence-corrected chi connectivity index (χ4v) is 9.51. The maximum atomic E-state index is 12.9. The summed E-state index contributed by atoms with van der Waals surface area (Å²) in [5, 5.41) is 0. The van der Waals surface area contributed by atoms with E-state index in [1.54, 1.807) is 0 Å². The molecule has 0 bridgehead atoms. The van der Waals surface area contributed by atoms with E-state index < -0.39 is 6.10 Å². The lowest BCUT2D eigenvalue weighted by Crippen LogP contribution is -2.30. The molecule has 0 aromatic heterocycles. The zero-order valence-electron chi connectivity index (χ0n) is 45.7. The lowest BCUT2D eigenvalue weighted by Gasteiger charge is -2.18. The summed E-state index contributed by atoms with van der Waals surface area (Å²) in [4.78, 5) is 38.2. The number of unbranched alkanes of at least 4 members (excludes halogenated alkanes) is 46. The van der Waals surface area contributed by atoms with Crippen molar-refractivity contribution in [2.45, 2.75) is 361 Å². The van der Waals surface area contributed by atoms with Crippen LogP contribution in [0.4, 0.5) is 0 Å². The number of carbonyl (C=O) groups is 3. The molecule has 0 saturated heterocycles. The summed E-state index contributed by atoms with van der Waals surface area (Å²) in [5.74, 6) is -0.827. The highest BCUT2D eigenvalue weighted by Crippen LogP contribution is 2.18. The topological polar surface area (TPSA) is 78.9 Å². The van der Waals surface area contributed by atoms with E-state index in [4.69, 9.17) is 14.2 Å². The minimum Gasteiger partial charge on any atom is -0.462 e. The molecule has 6 heteroatoms. The molecule has 1 atom stereocenters. The van der Waals surface area contributed by atoms with Crippen LogP contribution in [0.15, 0.2) is 0 Å². The summed E-state index contributed by atoms with van der Waals surface area (Å²) in [6, 6.07) is 0. The summed E-state index contributed by atoms with van der Waals surface area (Å²) >= 11 is 0. The van der Waals surface area contributed by atoms with Gasteiger partial charge in [0, 0.05) is 19.3 Å². The Bertz CT molecular complexity index is 998. The molecule has 0 aliphatic carbocycles. The average molecular weight is 948 g/mol. The number of hydrogen-bond donors (Lipinski definition) is 0. The zero-order valence-corrected chi connectivity index (χ0v) is 45.7. The van der Waals surface area contributed by atoms with E-state index in [0.29, 0.717) is 19.3 Å². The Kier molecular flexibility index (Phi) is 55.6. The van der Waals surface area contributed by atoms with Gasteiger partial charge < -0.3 is 14.2 Å². The fraction of sp³-hybridized carbons (Fsp3) is 0.951. The number of hydrogen-bond acceptors (Lipinski definition) is 6. The van der Waals surface area contributed by atoms with Crippen molar-refractivity contribution in [2.75, 3.05) is 13.2 Å².